The molecule has 0 spiro atoms. The van der Waals surface area contributed by atoms with E-state index in [2.05, 4.69) is 40.3 Å². The van der Waals surface area contributed by atoms with Crippen LogP contribution in [0, 0.1) is 5.92 Å². The maximum absolute atomic E-state index is 5.57. The smallest absolute Gasteiger partial charge is 0.193 e. The summed E-state index contributed by atoms with van der Waals surface area (Å²) in [5.74, 6) is 2.69. The van der Waals surface area contributed by atoms with Gasteiger partial charge in [-0.05, 0) is 37.0 Å². The van der Waals surface area contributed by atoms with Crippen LogP contribution in [0.3, 0.4) is 0 Å². The van der Waals surface area contributed by atoms with Crippen molar-refractivity contribution in [3.05, 3.63) is 29.3 Å². The van der Waals surface area contributed by atoms with E-state index in [9.17, 15) is 0 Å². The molecular formula is C19H30IN3O2. The Balaban J connectivity index is 0.00000225. The molecule has 2 aliphatic rings. The van der Waals surface area contributed by atoms with E-state index in [1.807, 2.05) is 7.05 Å². The monoisotopic (exact) mass is 459 g/mol. The van der Waals surface area contributed by atoms with Crippen molar-refractivity contribution in [2.45, 2.75) is 26.2 Å². The number of hydrogen-bond acceptors (Lipinski definition) is 3. The summed E-state index contributed by atoms with van der Waals surface area (Å²) in [7, 11) is 1.87. The molecule has 25 heavy (non-hydrogen) atoms. The lowest BCUT2D eigenvalue weighted by atomic mass is 10.1. The number of rotatable bonds is 6. The number of nitrogens with one attached hydrogen (secondary N) is 1. The molecule has 1 saturated heterocycles. The number of guanidine groups is 1. The second-order valence-corrected chi connectivity index (χ2v) is 6.52. The average Bonchev–Trinajstić information content (AvgIpc) is 3.25. The number of ether oxygens (including phenoxy) is 2. The Bertz CT molecular complexity index is 580. The Labute approximate surface area is 168 Å². The summed E-state index contributed by atoms with van der Waals surface area (Å²) in [5.41, 5.74) is 2.70. The Morgan fingerprint density at radius 3 is 3.12 bits per heavy atom. The molecule has 2 heterocycles. The highest BCUT2D eigenvalue weighted by Crippen LogP contribution is 2.25. The topological polar surface area (TPSA) is 46.1 Å². The number of likely N-dealkylation sites (tertiary alicyclic amines) is 1. The van der Waals surface area contributed by atoms with Crippen molar-refractivity contribution in [2.75, 3.05) is 46.5 Å². The van der Waals surface area contributed by atoms with Crippen molar-refractivity contribution in [1.82, 2.24) is 10.2 Å². The highest BCUT2D eigenvalue weighted by atomic mass is 127. The maximum Gasteiger partial charge on any atom is 0.193 e. The molecule has 0 amide bonds. The molecule has 1 unspecified atom stereocenters. The number of fused-ring (bicyclic) bond motifs is 1. The minimum atomic E-state index is 0. The molecule has 140 valence electrons. The van der Waals surface area contributed by atoms with E-state index in [0.717, 1.165) is 64.0 Å². The zero-order valence-electron chi connectivity index (χ0n) is 15.3. The lowest BCUT2D eigenvalue weighted by Gasteiger charge is -2.21. The summed E-state index contributed by atoms with van der Waals surface area (Å²) in [4.78, 5) is 6.79. The number of benzene rings is 1. The molecule has 0 aromatic heterocycles. The molecule has 2 aliphatic heterocycles. The van der Waals surface area contributed by atoms with E-state index < -0.39 is 0 Å². The fourth-order valence-corrected chi connectivity index (χ4v) is 3.49. The van der Waals surface area contributed by atoms with Crippen molar-refractivity contribution in [1.29, 1.82) is 0 Å². The molecular weight excluding hydrogens is 429 g/mol. The van der Waals surface area contributed by atoms with Crippen LogP contribution in [0.5, 0.6) is 5.75 Å². The molecule has 6 heteroatoms. The Kier molecular flexibility index (Phi) is 8.29. The van der Waals surface area contributed by atoms with Gasteiger partial charge in [0.05, 0.1) is 13.2 Å². The van der Waals surface area contributed by atoms with Gasteiger partial charge >= 0.3 is 0 Å². The van der Waals surface area contributed by atoms with Gasteiger partial charge in [-0.2, -0.15) is 0 Å². The zero-order valence-corrected chi connectivity index (χ0v) is 17.6. The molecule has 1 aromatic rings. The summed E-state index contributed by atoms with van der Waals surface area (Å²) in [6.45, 7) is 7.54. The summed E-state index contributed by atoms with van der Waals surface area (Å²) >= 11 is 0. The normalized spacial score (nSPS) is 19.4. The Hall–Kier alpha value is -1.02. The Morgan fingerprint density at radius 2 is 2.32 bits per heavy atom. The third-order valence-corrected chi connectivity index (χ3v) is 4.81. The van der Waals surface area contributed by atoms with Crippen LogP contribution < -0.4 is 10.1 Å². The van der Waals surface area contributed by atoms with Gasteiger partial charge < -0.3 is 19.7 Å². The van der Waals surface area contributed by atoms with Gasteiger partial charge in [0.1, 0.15) is 5.75 Å². The maximum atomic E-state index is 5.57. The molecule has 0 radical (unpaired) electrons. The van der Waals surface area contributed by atoms with E-state index in [4.69, 9.17) is 9.47 Å². The van der Waals surface area contributed by atoms with Gasteiger partial charge in [0, 0.05) is 45.6 Å². The highest BCUT2D eigenvalue weighted by molar-refractivity contribution is 14.0. The quantitative estimate of drug-likeness (QED) is 0.404. The Morgan fingerprint density at radius 1 is 1.44 bits per heavy atom. The van der Waals surface area contributed by atoms with Crippen molar-refractivity contribution in [2.24, 2.45) is 10.9 Å². The second-order valence-electron chi connectivity index (χ2n) is 6.52. The minimum absolute atomic E-state index is 0. The van der Waals surface area contributed by atoms with Gasteiger partial charge in [-0.1, -0.05) is 12.1 Å². The molecule has 1 atom stereocenters. The average molecular weight is 459 g/mol. The molecule has 0 saturated carbocycles. The van der Waals surface area contributed by atoms with Crippen molar-refractivity contribution < 1.29 is 9.47 Å². The lowest BCUT2D eigenvalue weighted by molar-refractivity contribution is 0.114. The molecule has 5 nitrogen and oxygen atoms in total. The van der Waals surface area contributed by atoms with Crippen LogP contribution in [0.25, 0.3) is 0 Å². The van der Waals surface area contributed by atoms with Crippen molar-refractivity contribution >= 4 is 29.9 Å². The third kappa shape index (κ3) is 5.48. The lowest BCUT2D eigenvalue weighted by Crippen LogP contribution is -2.41. The van der Waals surface area contributed by atoms with Crippen LogP contribution in [0.15, 0.2) is 23.2 Å². The van der Waals surface area contributed by atoms with E-state index in [1.165, 1.54) is 17.5 Å². The summed E-state index contributed by atoms with van der Waals surface area (Å²) in [6, 6.07) is 6.55. The minimum Gasteiger partial charge on any atom is -0.493 e. The second kappa shape index (κ2) is 10.2. The first kappa shape index (κ1) is 20.3. The van der Waals surface area contributed by atoms with Gasteiger partial charge in [0.25, 0.3) is 0 Å². The molecule has 0 aliphatic carbocycles. The van der Waals surface area contributed by atoms with Crippen LogP contribution in [0.4, 0.5) is 0 Å². The number of hydrogen-bond donors (Lipinski definition) is 1. The fraction of sp³-hybridized carbons (Fsp3) is 0.632. The number of aliphatic imine (C=N–C) groups is 1. The van der Waals surface area contributed by atoms with Crippen molar-refractivity contribution in [3.63, 3.8) is 0 Å². The van der Waals surface area contributed by atoms with Crippen LogP contribution >= 0.6 is 24.0 Å². The predicted molar refractivity (Wildman–Crippen MR) is 112 cm³/mol. The SMILES string of the molecule is CCOCC1CCN(C(=NC)NCCc2ccc3c(c2)CCO3)C1.I. The van der Waals surface area contributed by atoms with E-state index in [0.29, 0.717) is 5.92 Å². The van der Waals surface area contributed by atoms with Gasteiger partial charge in [0.2, 0.25) is 0 Å². The van der Waals surface area contributed by atoms with Crippen LogP contribution in [-0.4, -0.2) is 57.4 Å². The summed E-state index contributed by atoms with van der Waals surface area (Å²) < 4.78 is 11.1. The third-order valence-electron chi connectivity index (χ3n) is 4.81. The molecule has 1 fully saturated rings. The van der Waals surface area contributed by atoms with Crippen LogP contribution in [0.1, 0.15) is 24.5 Å². The fourth-order valence-electron chi connectivity index (χ4n) is 3.49. The predicted octanol–water partition coefficient (Wildman–Crippen LogP) is 2.72. The van der Waals surface area contributed by atoms with Gasteiger partial charge in [-0.25, -0.2) is 0 Å². The van der Waals surface area contributed by atoms with Gasteiger partial charge in [0.15, 0.2) is 5.96 Å². The van der Waals surface area contributed by atoms with E-state index >= 15 is 0 Å². The highest BCUT2D eigenvalue weighted by Gasteiger charge is 2.24. The first-order valence-corrected chi connectivity index (χ1v) is 9.08. The molecule has 0 bridgehead atoms. The van der Waals surface area contributed by atoms with Gasteiger partial charge in [-0.3, -0.25) is 4.99 Å². The zero-order chi connectivity index (χ0) is 16.8. The summed E-state index contributed by atoms with van der Waals surface area (Å²) in [5, 5.41) is 3.51. The van der Waals surface area contributed by atoms with E-state index in [1.54, 1.807) is 0 Å². The van der Waals surface area contributed by atoms with Crippen molar-refractivity contribution in [3.8, 4) is 5.75 Å². The molecule has 3 rings (SSSR count). The standard InChI is InChI=1S/C19H29N3O2.HI/c1-3-23-14-16-7-10-22(13-16)19(20-2)21-9-6-15-4-5-18-17(12-15)8-11-24-18;/h4-5,12,16H,3,6-11,13-14H2,1-2H3,(H,20,21);1H. The largest absolute Gasteiger partial charge is 0.493 e. The summed E-state index contributed by atoms with van der Waals surface area (Å²) in [6.07, 6.45) is 3.22. The first-order valence-electron chi connectivity index (χ1n) is 9.08. The number of halogens is 1. The first-order chi connectivity index (χ1) is 11.8. The molecule has 1 N–H and O–H groups in total. The van der Waals surface area contributed by atoms with Crippen LogP contribution in [-0.2, 0) is 17.6 Å². The van der Waals surface area contributed by atoms with Crippen LogP contribution in [0.2, 0.25) is 0 Å². The van der Waals surface area contributed by atoms with E-state index in [-0.39, 0.29) is 24.0 Å². The molecule has 1 aromatic carbocycles. The number of nitrogens with zero attached hydrogens (tertiary/aromatic N) is 2. The van der Waals surface area contributed by atoms with Gasteiger partial charge in [-0.15, -0.1) is 24.0 Å².